The van der Waals surface area contributed by atoms with Gasteiger partial charge in [-0.15, -0.1) is 11.3 Å². The predicted molar refractivity (Wildman–Crippen MR) is 225 cm³/mol. The van der Waals surface area contributed by atoms with Gasteiger partial charge in [-0.25, -0.2) is 8.42 Å². The van der Waals surface area contributed by atoms with Crippen molar-refractivity contribution < 1.29 is 37.0 Å². The van der Waals surface area contributed by atoms with Crippen LogP contribution in [0.5, 0.6) is 5.75 Å². The molecule has 6 aromatic rings. The minimum Gasteiger partial charge on any atom is -0.497 e. The molecule has 0 bridgehead atoms. The van der Waals surface area contributed by atoms with Crippen LogP contribution in [0.3, 0.4) is 0 Å². The number of carbonyl (C=O) groups excluding carboxylic acids is 3. The van der Waals surface area contributed by atoms with Crippen molar-refractivity contribution in [2.24, 2.45) is 5.73 Å². The number of rotatable bonds is 18. The molecular weight excluding hydrogens is 796 g/mol. The molecule has 0 saturated heterocycles. The monoisotopic (exact) mass is 838 g/mol. The highest BCUT2D eigenvalue weighted by Crippen LogP contribution is 2.47. The van der Waals surface area contributed by atoms with E-state index in [1.54, 1.807) is 91.0 Å². The zero-order chi connectivity index (χ0) is 41.3. The Morgan fingerprint density at radius 3 is 1.93 bits per heavy atom. The SMILES string of the molecule is COc1ccc(S(=O)(=O)NC(Cc2ccccc2)P(=O)(O)CC(=O)NC(C(=O)NC(Cc2csc3ccccc23)C(N)=O)C(c2ccccc2)c2ccccc2)cc1. The third-order valence-electron chi connectivity index (χ3n) is 9.68. The van der Waals surface area contributed by atoms with Crippen molar-refractivity contribution in [1.29, 1.82) is 0 Å². The average molecular weight is 839 g/mol. The fourth-order valence-electron chi connectivity index (χ4n) is 6.73. The van der Waals surface area contributed by atoms with Gasteiger partial charge in [-0.2, -0.15) is 4.72 Å². The molecule has 0 aliphatic carbocycles. The first-order valence-corrected chi connectivity index (χ1v) is 22.6. The summed E-state index contributed by atoms with van der Waals surface area (Å²) in [7, 11) is -7.70. The zero-order valence-corrected chi connectivity index (χ0v) is 34.0. The third kappa shape index (κ3) is 10.5. The average Bonchev–Trinajstić information content (AvgIpc) is 3.63. The Labute approximate surface area is 341 Å². The van der Waals surface area contributed by atoms with E-state index in [2.05, 4.69) is 15.4 Å². The molecular formula is C43H43N4O8PS2. The fourth-order valence-corrected chi connectivity index (χ4v) is 11.1. The molecule has 0 aliphatic rings. The van der Waals surface area contributed by atoms with E-state index in [-0.39, 0.29) is 17.7 Å². The van der Waals surface area contributed by atoms with Gasteiger partial charge in [-0.1, -0.05) is 109 Å². The largest absolute Gasteiger partial charge is 0.497 e. The van der Waals surface area contributed by atoms with Crippen molar-refractivity contribution >= 4 is 56.5 Å². The van der Waals surface area contributed by atoms with E-state index >= 15 is 0 Å². The van der Waals surface area contributed by atoms with Gasteiger partial charge in [-0.3, -0.25) is 18.9 Å². The van der Waals surface area contributed by atoms with Crippen LogP contribution in [0, 0.1) is 0 Å². The third-order valence-corrected chi connectivity index (χ3v) is 14.4. The number of primary amides is 1. The van der Waals surface area contributed by atoms with E-state index in [1.165, 1.54) is 42.7 Å². The molecule has 300 valence electrons. The summed E-state index contributed by atoms with van der Waals surface area (Å²) in [5, 5.41) is 8.28. The van der Waals surface area contributed by atoms with Crippen LogP contribution in [0.15, 0.2) is 150 Å². The molecule has 0 radical (unpaired) electrons. The Hall–Kier alpha value is -5.63. The Kier molecular flexibility index (Phi) is 13.6. The van der Waals surface area contributed by atoms with Crippen LogP contribution in [0.4, 0.5) is 0 Å². The zero-order valence-electron chi connectivity index (χ0n) is 31.4. The second-order valence-electron chi connectivity index (χ2n) is 13.7. The number of sulfonamides is 1. The van der Waals surface area contributed by atoms with E-state index in [9.17, 15) is 32.3 Å². The molecule has 3 amide bonds. The molecule has 6 N–H and O–H groups in total. The molecule has 12 nitrogen and oxygen atoms in total. The number of nitrogens with one attached hydrogen (secondary N) is 3. The van der Waals surface area contributed by atoms with Gasteiger partial charge in [0.15, 0.2) is 0 Å². The van der Waals surface area contributed by atoms with Crippen molar-refractivity contribution in [2.75, 3.05) is 13.3 Å². The van der Waals surface area contributed by atoms with Crippen LogP contribution < -0.4 is 25.8 Å². The van der Waals surface area contributed by atoms with Crippen LogP contribution in [0.25, 0.3) is 10.1 Å². The number of amides is 3. The standard InChI is InChI=1S/C43H43N4O8PS2/c1-55-33-21-23-34(24-22-33)58(53,54)47-39(25-29-13-5-2-6-14-29)56(51,52)27-38(48)46-41(40(30-15-7-3-8-16-30)31-17-9-4-10-18-31)43(50)45-36(42(44)49)26-32-28-57-37-20-12-11-19-35(32)37/h2-24,28,36,39-41,47H,25-27H2,1H3,(H2,44,49)(H,45,50)(H,46,48)(H,51,52). The van der Waals surface area contributed by atoms with Gasteiger partial charge < -0.3 is 26.0 Å². The Bertz CT molecular complexity index is 2460. The van der Waals surface area contributed by atoms with Gasteiger partial charge in [0.25, 0.3) is 0 Å². The molecule has 58 heavy (non-hydrogen) atoms. The normalized spacial score (nSPS) is 14.2. The van der Waals surface area contributed by atoms with Crippen LogP contribution in [0.2, 0.25) is 0 Å². The van der Waals surface area contributed by atoms with Crippen LogP contribution >= 0.6 is 18.7 Å². The first-order chi connectivity index (χ1) is 27.8. The first-order valence-electron chi connectivity index (χ1n) is 18.3. The number of hydrogen-bond donors (Lipinski definition) is 5. The van der Waals surface area contributed by atoms with Crippen molar-refractivity contribution in [3.05, 3.63) is 167 Å². The Morgan fingerprint density at radius 2 is 1.34 bits per heavy atom. The van der Waals surface area contributed by atoms with E-state index in [1.807, 2.05) is 29.6 Å². The number of hydrogen-bond acceptors (Lipinski definition) is 8. The maximum atomic E-state index is 14.5. The van der Waals surface area contributed by atoms with Gasteiger partial charge in [0.1, 0.15) is 29.8 Å². The highest BCUT2D eigenvalue weighted by atomic mass is 32.2. The summed E-state index contributed by atoms with van der Waals surface area (Å²) in [5.74, 6) is -4.62. The lowest BCUT2D eigenvalue weighted by Crippen LogP contribution is -2.56. The van der Waals surface area contributed by atoms with Crippen molar-refractivity contribution in [3.63, 3.8) is 0 Å². The lowest BCUT2D eigenvalue weighted by Gasteiger charge is -2.30. The summed E-state index contributed by atoms with van der Waals surface area (Å²) in [6.07, 6.45) is -1.19. The first kappa shape index (κ1) is 42.0. The molecule has 15 heteroatoms. The molecule has 4 atom stereocenters. The predicted octanol–water partition coefficient (Wildman–Crippen LogP) is 5.56. The van der Waals surface area contributed by atoms with Crippen LogP contribution in [-0.4, -0.2) is 62.2 Å². The molecule has 1 aromatic heterocycles. The molecule has 4 unspecified atom stereocenters. The second kappa shape index (κ2) is 18.8. The van der Waals surface area contributed by atoms with Crippen LogP contribution in [0.1, 0.15) is 28.2 Å². The van der Waals surface area contributed by atoms with Crippen LogP contribution in [-0.2, 0) is 41.8 Å². The quantitative estimate of drug-likeness (QED) is 0.0695. The van der Waals surface area contributed by atoms with Gasteiger partial charge in [-0.05, 0) is 69.8 Å². The van der Waals surface area contributed by atoms with E-state index in [4.69, 9.17) is 10.5 Å². The fraction of sp³-hybridized carbons (Fsp3) is 0.186. The topological polar surface area (TPSA) is 194 Å². The van der Waals surface area contributed by atoms with Crippen molar-refractivity contribution in [3.8, 4) is 5.75 Å². The van der Waals surface area contributed by atoms with Gasteiger partial charge in [0.05, 0.1) is 12.0 Å². The number of methoxy groups -OCH3 is 1. The lowest BCUT2D eigenvalue weighted by atomic mass is 9.84. The van der Waals surface area contributed by atoms with E-state index in [0.29, 0.717) is 22.4 Å². The molecule has 0 spiro atoms. The summed E-state index contributed by atoms with van der Waals surface area (Å²) >= 11 is 1.49. The number of benzene rings is 5. The van der Waals surface area contributed by atoms with Crippen molar-refractivity contribution in [2.45, 2.75) is 41.5 Å². The van der Waals surface area contributed by atoms with E-state index < -0.39 is 65.1 Å². The van der Waals surface area contributed by atoms with Crippen molar-refractivity contribution in [1.82, 2.24) is 15.4 Å². The highest BCUT2D eigenvalue weighted by Gasteiger charge is 2.40. The minimum atomic E-state index is -4.75. The molecule has 0 saturated carbocycles. The molecule has 6 rings (SSSR count). The van der Waals surface area contributed by atoms with E-state index in [0.717, 1.165) is 15.6 Å². The van der Waals surface area contributed by atoms with Gasteiger partial charge >= 0.3 is 0 Å². The lowest BCUT2D eigenvalue weighted by molar-refractivity contribution is -0.131. The number of fused-ring (bicyclic) bond motifs is 1. The smallest absolute Gasteiger partial charge is 0.244 e. The van der Waals surface area contributed by atoms with Gasteiger partial charge in [0, 0.05) is 17.0 Å². The molecule has 5 aromatic carbocycles. The molecule has 1 heterocycles. The maximum Gasteiger partial charge on any atom is 0.244 e. The summed E-state index contributed by atoms with van der Waals surface area (Å²) in [6, 6.07) is 36.9. The Morgan fingerprint density at radius 1 is 0.776 bits per heavy atom. The number of carbonyl (C=O) groups is 3. The summed E-state index contributed by atoms with van der Waals surface area (Å²) in [4.78, 5) is 53.0. The second-order valence-corrected chi connectivity index (χ2v) is 18.8. The van der Waals surface area contributed by atoms with Gasteiger partial charge in [0.2, 0.25) is 35.1 Å². The number of ether oxygens (including phenoxy) is 1. The summed E-state index contributed by atoms with van der Waals surface area (Å²) < 4.78 is 50.1. The molecule has 0 fully saturated rings. The summed E-state index contributed by atoms with van der Waals surface area (Å²) in [6.45, 7) is 0. The molecule has 0 aliphatic heterocycles. The Balaban J connectivity index is 1.32. The number of nitrogens with two attached hydrogens (primary N) is 1. The summed E-state index contributed by atoms with van der Waals surface area (Å²) in [5.41, 5.74) is 8.47. The minimum absolute atomic E-state index is 0.0778. The maximum absolute atomic E-state index is 14.5. The highest BCUT2D eigenvalue weighted by molar-refractivity contribution is 7.90. The number of thiophene rings is 1.